The van der Waals surface area contributed by atoms with Crippen LogP contribution in [0.1, 0.15) is 11.1 Å². The third-order valence-corrected chi connectivity index (χ3v) is 3.64. The Hall–Kier alpha value is -1.62. The quantitative estimate of drug-likeness (QED) is 0.817. The molecular formula is C15H14BrF2NO. The Labute approximate surface area is 124 Å². The molecule has 0 aromatic heterocycles. The summed E-state index contributed by atoms with van der Waals surface area (Å²) < 4.78 is 32.8. The lowest BCUT2D eigenvalue weighted by Gasteiger charge is -2.12. The number of halogens is 3. The van der Waals surface area contributed by atoms with Gasteiger partial charge in [-0.05, 0) is 58.7 Å². The first-order valence-corrected chi connectivity index (χ1v) is 6.83. The van der Waals surface area contributed by atoms with Gasteiger partial charge in [-0.2, -0.15) is 0 Å². The van der Waals surface area contributed by atoms with E-state index in [2.05, 4.69) is 21.2 Å². The molecule has 0 atom stereocenters. The van der Waals surface area contributed by atoms with Crippen molar-refractivity contribution < 1.29 is 13.5 Å². The van der Waals surface area contributed by atoms with Gasteiger partial charge in [0.15, 0.2) is 0 Å². The zero-order valence-electron chi connectivity index (χ0n) is 11.1. The number of hydrogen-bond donors (Lipinski definition) is 1. The van der Waals surface area contributed by atoms with E-state index in [-0.39, 0.29) is 16.6 Å². The number of anilines is 1. The summed E-state index contributed by atoms with van der Waals surface area (Å²) in [5.41, 5.74) is 1.76. The topological polar surface area (TPSA) is 21.3 Å². The molecule has 0 saturated heterocycles. The van der Waals surface area contributed by atoms with Gasteiger partial charge in [-0.3, -0.25) is 0 Å². The van der Waals surface area contributed by atoms with Crippen LogP contribution in [0, 0.1) is 18.6 Å². The molecule has 20 heavy (non-hydrogen) atoms. The first-order valence-electron chi connectivity index (χ1n) is 6.04. The smallest absolute Gasteiger partial charge is 0.145 e. The molecular weight excluding hydrogens is 328 g/mol. The number of nitrogens with one attached hydrogen (secondary N) is 1. The molecule has 0 heterocycles. The van der Waals surface area contributed by atoms with Crippen LogP contribution in [0.15, 0.2) is 34.8 Å². The van der Waals surface area contributed by atoms with Crippen LogP contribution < -0.4 is 10.1 Å². The van der Waals surface area contributed by atoms with Crippen LogP contribution in [0.25, 0.3) is 0 Å². The van der Waals surface area contributed by atoms with Gasteiger partial charge in [-0.15, -0.1) is 0 Å². The summed E-state index contributed by atoms with van der Waals surface area (Å²) >= 11 is 3.05. The van der Waals surface area contributed by atoms with Crippen molar-refractivity contribution in [3.63, 3.8) is 0 Å². The maximum absolute atomic E-state index is 13.8. The number of rotatable bonds is 4. The molecule has 5 heteroatoms. The Bertz CT molecular complexity index is 632. The van der Waals surface area contributed by atoms with Gasteiger partial charge in [0.05, 0.1) is 11.6 Å². The van der Waals surface area contributed by atoms with E-state index in [4.69, 9.17) is 4.74 Å². The maximum Gasteiger partial charge on any atom is 0.145 e. The molecule has 0 bridgehead atoms. The van der Waals surface area contributed by atoms with Gasteiger partial charge in [0.2, 0.25) is 0 Å². The fraction of sp³-hybridized carbons (Fsp3) is 0.200. The van der Waals surface area contributed by atoms with E-state index in [0.717, 1.165) is 17.0 Å². The van der Waals surface area contributed by atoms with E-state index in [1.54, 1.807) is 13.2 Å². The molecule has 0 amide bonds. The molecule has 0 saturated carbocycles. The SMILES string of the molecule is COc1ccc(NCc2c(F)ccc(Br)c2F)c(C)c1. The van der Waals surface area contributed by atoms with Gasteiger partial charge >= 0.3 is 0 Å². The zero-order valence-corrected chi connectivity index (χ0v) is 12.7. The van der Waals surface area contributed by atoms with Crippen LogP contribution >= 0.6 is 15.9 Å². The van der Waals surface area contributed by atoms with Crippen molar-refractivity contribution in [2.75, 3.05) is 12.4 Å². The van der Waals surface area contributed by atoms with Gasteiger partial charge in [0, 0.05) is 17.8 Å². The van der Waals surface area contributed by atoms with Crippen LogP contribution in [0.5, 0.6) is 5.75 Å². The summed E-state index contributed by atoms with van der Waals surface area (Å²) in [5, 5.41) is 3.03. The van der Waals surface area contributed by atoms with E-state index in [9.17, 15) is 8.78 Å². The highest BCUT2D eigenvalue weighted by atomic mass is 79.9. The average molecular weight is 342 g/mol. The molecule has 0 unspecified atom stereocenters. The van der Waals surface area contributed by atoms with Crippen molar-refractivity contribution in [1.29, 1.82) is 0 Å². The highest BCUT2D eigenvalue weighted by Gasteiger charge is 2.12. The fourth-order valence-corrected chi connectivity index (χ4v) is 2.25. The third-order valence-electron chi connectivity index (χ3n) is 3.03. The fourth-order valence-electron chi connectivity index (χ4n) is 1.88. The van der Waals surface area contributed by atoms with Crippen LogP contribution in [-0.2, 0) is 6.54 Å². The van der Waals surface area contributed by atoms with E-state index >= 15 is 0 Å². The van der Waals surface area contributed by atoms with Crippen LogP contribution in [-0.4, -0.2) is 7.11 Å². The monoisotopic (exact) mass is 341 g/mol. The van der Waals surface area contributed by atoms with Gasteiger partial charge < -0.3 is 10.1 Å². The summed E-state index contributed by atoms with van der Waals surface area (Å²) in [6, 6.07) is 8.07. The third kappa shape index (κ3) is 3.10. The number of ether oxygens (including phenoxy) is 1. The summed E-state index contributed by atoms with van der Waals surface area (Å²) in [5.74, 6) is -0.402. The van der Waals surface area contributed by atoms with Crippen molar-refractivity contribution in [1.82, 2.24) is 0 Å². The Morgan fingerprint density at radius 1 is 1.20 bits per heavy atom. The number of hydrogen-bond acceptors (Lipinski definition) is 2. The lowest BCUT2D eigenvalue weighted by molar-refractivity contribution is 0.414. The van der Waals surface area contributed by atoms with Gasteiger partial charge in [-0.25, -0.2) is 8.78 Å². The molecule has 0 aliphatic carbocycles. The first kappa shape index (κ1) is 14.8. The van der Waals surface area contributed by atoms with Crippen molar-refractivity contribution in [2.45, 2.75) is 13.5 Å². The summed E-state index contributed by atoms with van der Waals surface area (Å²) in [6.45, 7) is 1.97. The average Bonchev–Trinajstić information content (AvgIpc) is 2.44. The zero-order chi connectivity index (χ0) is 14.7. The van der Waals surface area contributed by atoms with E-state index in [0.29, 0.717) is 0 Å². The summed E-state index contributed by atoms with van der Waals surface area (Å²) in [7, 11) is 1.59. The van der Waals surface area contributed by atoms with Crippen LogP contribution in [0.3, 0.4) is 0 Å². The second kappa shape index (κ2) is 6.22. The molecule has 0 aliphatic heterocycles. The van der Waals surface area contributed by atoms with Gasteiger partial charge in [0.1, 0.15) is 17.4 Å². The molecule has 0 aliphatic rings. The molecule has 2 rings (SSSR count). The minimum atomic E-state index is -0.580. The minimum Gasteiger partial charge on any atom is -0.497 e. The van der Waals surface area contributed by atoms with Crippen molar-refractivity contribution in [3.05, 3.63) is 57.6 Å². The summed E-state index contributed by atoms with van der Waals surface area (Å²) in [6.07, 6.45) is 0. The number of benzene rings is 2. The molecule has 2 aromatic carbocycles. The van der Waals surface area contributed by atoms with Crippen LogP contribution in [0.2, 0.25) is 0 Å². The second-order valence-electron chi connectivity index (χ2n) is 4.36. The number of methoxy groups -OCH3 is 1. The van der Waals surface area contributed by atoms with Gasteiger partial charge in [0.25, 0.3) is 0 Å². The highest BCUT2D eigenvalue weighted by Crippen LogP contribution is 2.25. The largest absolute Gasteiger partial charge is 0.497 e. The molecule has 2 aromatic rings. The standard InChI is InChI=1S/C15H14BrF2NO/c1-9-7-10(20-2)3-6-14(9)19-8-11-13(17)5-4-12(16)15(11)18/h3-7,19H,8H2,1-2H3. The Balaban J connectivity index is 2.19. The summed E-state index contributed by atoms with van der Waals surface area (Å²) in [4.78, 5) is 0. The lowest BCUT2D eigenvalue weighted by Crippen LogP contribution is -2.06. The van der Waals surface area contributed by atoms with E-state index in [1.165, 1.54) is 12.1 Å². The Morgan fingerprint density at radius 2 is 1.95 bits per heavy atom. The van der Waals surface area contributed by atoms with Crippen LogP contribution in [0.4, 0.5) is 14.5 Å². The lowest BCUT2D eigenvalue weighted by atomic mass is 10.1. The van der Waals surface area contributed by atoms with Crippen molar-refractivity contribution in [3.8, 4) is 5.75 Å². The molecule has 1 N–H and O–H groups in total. The van der Waals surface area contributed by atoms with Crippen molar-refractivity contribution >= 4 is 21.6 Å². The maximum atomic E-state index is 13.8. The highest BCUT2D eigenvalue weighted by molar-refractivity contribution is 9.10. The first-order chi connectivity index (χ1) is 9.52. The molecule has 106 valence electrons. The molecule has 0 spiro atoms. The van der Waals surface area contributed by atoms with E-state index < -0.39 is 11.6 Å². The van der Waals surface area contributed by atoms with Crippen molar-refractivity contribution in [2.24, 2.45) is 0 Å². The Morgan fingerprint density at radius 3 is 2.60 bits per heavy atom. The van der Waals surface area contributed by atoms with E-state index in [1.807, 2.05) is 19.1 Å². The minimum absolute atomic E-state index is 0.00888. The molecule has 2 nitrogen and oxygen atoms in total. The molecule has 0 fully saturated rings. The predicted molar refractivity (Wildman–Crippen MR) is 79.1 cm³/mol. The van der Waals surface area contributed by atoms with Gasteiger partial charge in [-0.1, -0.05) is 0 Å². The number of aryl methyl sites for hydroxylation is 1. The molecule has 0 radical (unpaired) electrons. The normalized spacial score (nSPS) is 10.4. The Kier molecular flexibility index (Phi) is 4.60. The predicted octanol–water partition coefficient (Wildman–Crippen LogP) is 4.66. The second-order valence-corrected chi connectivity index (χ2v) is 5.21.